The largest absolute Gasteiger partial charge is 0.573 e. The molecule has 0 saturated carbocycles. The molecule has 8 heteroatoms. The monoisotopic (exact) mass is 239 g/mol. The fourth-order valence-electron chi connectivity index (χ4n) is 0.962. The molecule has 1 aromatic carbocycles. The Morgan fingerprint density at radius 3 is 2.38 bits per heavy atom. The summed E-state index contributed by atoms with van der Waals surface area (Å²) in [5.74, 6) is -3.92. The first-order valence-electron chi connectivity index (χ1n) is 3.79. The van der Waals surface area contributed by atoms with Crippen LogP contribution in [0.5, 0.6) is 5.75 Å². The minimum atomic E-state index is -5.03. The maximum atomic E-state index is 12.9. The summed E-state index contributed by atoms with van der Waals surface area (Å²) in [7, 11) is 0. The summed E-state index contributed by atoms with van der Waals surface area (Å²) in [4.78, 5) is 10.5. The molecular weight excluding hydrogens is 234 g/mol. The quantitative estimate of drug-likeness (QED) is 0.611. The van der Waals surface area contributed by atoms with Crippen LogP contribution < -0.4 is 10.5 Å². The average molecular weight is 239 g/mol. The zero-order valence-corrected chi connectivity index (χ0v) is 7.51. The first kappa shape index (κ1) is 12.1. The molecule has 0 aliphatic carbocycles. The zero-order valence-electron chi connectivity index (χ0n) is 7.51. The summed E-state index contributed by atoms with van der Waals surface area (Å²) in [6, 6.07) is 0.851. The lowest BCUT2D eigenvalue weighted by Crippen LogP contribution is -2.18. The Kier molecular flexibility index (Phi) is 2.92. The number of aromatic carboxylic acids is 1. The second-order valence-electron chi connectivity index (χ2n) is 2.72. The van der Waals surface area contributed by atoms with Gasteiger partial charge in [-0.1, -0.05) is 0 Å². The average Bonchev–Trinajstić information content (AvgIpc) is 2.07. The lowest BCUT2D eigenvalue weighted by atomic mass is 10.1. The predicted molar refractivity (Wildman–Crippen MR) is 44.5 cm³/mol. The standard InChI is InChI=1S/C8H5F4NO3/c9-5-2-3(16-8(10,11)12)1-4(6(5)13)7(14)15/h1-2H,13H2,(H,14,15). The van der Waals surface area contributed by atoms with Gasteiger partial charge in [0, 0.05) is 6.07 Å². The van der Waals surface area contributed by atoms with Gasteiger partial charge >= 0.3 is 12.3 Å². The Labute approximate surface area is 86.2 Å². The predicted octanol–water partition coefficient (Wildman–Crippen LogP) is 2.00. The number of carboxylic acid groups (broad SMARTS) is 1. The van der Waals surface area contributed by atoms with E-state index < -0.39 is 35.1 Å². The van der Waals surface area contributed by atoms with Gasteiger partial charge in [0.05, 0.1) is 11.3 Å². The van der Waals surface area contributed by atoms with Crippen LogP contribution in [0.3, 0.4) is 0 Å². The minimum absolute atomic E-state index is 0.356. The van der Waals surface area contributed by atoms with Crippen molar-refractivity contribution in [1.29, 1.82) is 0 Å². The molecule has 1 aromatic rings. The number of carbonyl (C=O) groups is 1. The summed E-state index contributed by atoms with van der Waals surface area (Å²) in [5.41, 5.74) is 3.48. The molecule has 0 aliphatic heterocycles. The number of benzene rings is 1. The van der Waals surface area contributed by atoms with E-state index in [4.69, 9.17) is 10.8 Å². The van der Waals surface area contributed by atoms with Crippen LogP contribution in [0.2, 0.25) is 0 Å². The van der Waals surface area contributed by atoms with Crippen LogP contribution in [0.15, 0.2) is 12.1 Å². The molecule has 1 rings (SSSR count). The highest BCUT2D eigenvalue weighted by molar-refractivity contribution is 5.94. The molecule has 0 heterocycles. The number of hydrogen-bond donors (Lipinski definition) is 2. The molecule has 16 heavy (non-hydrogen) atoms. The highest BCUT2D eigenvalue weighted by atomic mass is 19.4. The summed E-state index contributed by atoms with van der Waals surface area (Å²) in [6.07, 6.45) is -5.03. The number of ether oxygens (including phenoxy) is 1. The molecule has 88 valence electrons. The topological polar surface area (TPSA) is 72.5 Å². The van der Waals surface area contributed by atoms with Gasteiger partial charge in [0.1, 0.15) is 5.75 Å². The van der Waals surface area contributed by atoms with Crippen molar-refractivity contribution in [2.75, 3.05) is 5.73 Å². The molecule has 0 fully saturated rings. The van der Waals surface area contributed by atoms with Crippen molar-refractivity contribution >= 4 is 11.7 Å². The number of anilines is 1. The Morgan fingerprint density at radius 1 is 1.38 bits per heavy atom. The lowest BCUT2D eigenvalue weighted by Gasteiger charge is -2.10. The van der Waals surface area contributed by atoms with Gasteiger partial charge in [-0.3, -0.25) is 0 Å². The van der Waals surface area contributed by atoms with E-state index in [1.54, 1.807) is 0 Å². The van der Waals surface area contributed by atoms with Gasteiger partial charge in [-0.15, -0.1) is 13.2 Å². The third-order valence-corrected chi connectivity index (χ3v) is 1.57. The molecule has 0 spiro atoms. The van der Waals surface area contributed by atoms with Crippen molar-refractivity contribution in [2.24, 2.45) is 0 Å². The summed E-state index contributed by atoms with van der Waals surface area (Å²) in [6.45, 7) is 0. The molecule has 0 aromatic heterocycles. The maximum Gasteiger partial charge on any atom is 0.573 e. The zero-order chi connectivity index (χ0) is 12.5. The number of hydrogen-bond acceptors (Lipinski definition) is 3. The second-order valence-corrected chi connectivity index (χ2v) is 2.72. The molecule has 0 saturated heterocycles. The molecular formula is C8H5F4NO3. The highest BCUT2D eigenvalue weighted by Gasteiger charge is 2.32. The van der Waals surface area contributed by atoms with Crippen molar-refractivity contribution in [3.8, 4) is 5.75 Å². The number of halogens is 4. The van der Waals surface area contributed by atoms with Crippen molar-refractivity contribution < 1.29 is 32.2 Å². The van der Waals surface area contributed by atoms with Crippen LogP contribution in [0, 0.1) is 5.82 Å². The van der Waals surface area contributed by atoms with E-state index >= 15 is 0 Å². The fraction of sp³-hybridized carbons (Fsp3) is 0.125. The Balaban J connectivity index is 3.19. The molecule has 4 nitrogen and oxygen atoms in total. The smallest absolute Gasteiger partial charge is 0.478 e. The van der Waals surface area contributed by atoms with Gasteiger partial charge in [0.15, 0.2) is 5.82 Å². The SMILES string of the molecule is Nc1c(F)cc(OC(F)(F)F)cc1C(=O)O. The van der Waals surface area contributed by atoms with E-state index in [1.807, 2.05) is 0 Å². The molecule has 3 N–H and O–H groups in total. The van der Waals surface area contributed by atoms with Crippen LogP contribution in [0.4, 0.5) is 23.2 Å². The van der Waals surface area contributed by atoms with Crippen LogP contribution >= 0.6 is 0 Å². The second kappa shape index (κ2) is 3.87. The van der Waals surface area contributed by atoms with Gasteiger partial charge < -0.3 is 15.6 Å². The number of nitrogen functional groups attached to an aromatic ring is 1. The normalized spacial score (nSPS) is 11.2. The first-order valence-corrected chi connectivity index (χ1v) is 3.79. The number of nitrogens with two attached hydrogens (primary N) is 1. The van der Waals surface area contributed by atoms with Crippen molar-refractivity contribution in [2.45, 2.75) is 6.36 Å². The third-order valence-electron chi connectivity index (χ3n) is 1.57. The third kappa shape index (κ3) is 2.75. The van der Waals surface area contributed by atoms with E-state index in [0.717, 1.165) is 0 Å². The van der Waals surface area contributed by atoms with Crippen LogP contribution in [-0.2, 0) is 0 Å². The Hall–Kier alpha value is -1.99. The van der Waals surface area contributed by atoms with Gasteiger partial charge in [0.2, 0.25) is 0 Å². The minimum Gasteiger partial charge on any atom is -0.478 e. The van der Waals surface area contributed by atoms with Gasteiger partial charge in [0.25, 0.3) is 0 Å². The van der Waals surface area contributed by atoms with E-state index in [1.165, 1.54) is 0 Å². The molecule has 0 amide bonds. The molecule has 0 aliphatic rings. The number of carboxylic acids is 1. The summed E-state index contributed by atoms with van der Waals surface area (Å²) in [5, 5.41) is 8.53. The van der Waals surface area contributed by atoms with E-state index in [-0.39, 0.29) is 0 Å². The van der Waals surface area contributed by atoms with Gasteiger partial charge in [-0.25, -0.2) is 9.18 Å². The summed E-state index contributed by atoms with van der Waals surface area (Å²) < 4.78 is 51.7. The van der Waals surface area contributed by atoms with Crippen LogP contribution in [0.1, 0.15) is 10.4 Å². The van der Waals surface area contributed by atoms with Crippen LogP contribution in [0.25, 0.3) is 0 Å². The van der Waals surface area contributed by atoms with Crippen molar-refractivity contribution in [3.63, 3.8) is 0 Å². The highest BCUT2D eigenvalue weighted by Crippen LogP contribution is 2.28. The first-order chi connectivity index (χ1) is 7.20. The Bertz CT molecular complexity index is 430. The molecule has 0 bridgehead atoms. The van der Waals surface area contributed by atoms with Crippen molar-refractivity contribution in [3.05, 3.63) is 23.5 Å². The molecule has 0 radical (unpaired) electrons. The number of rotatable bonds is 2. The lowest BCUT2D eigenvalue weighted by molar-refractivity contribution is -0.274. The molecule has 0 unspecified atom stereocenters. The Morgan fingerprint density at radius 2 is 1.94 bits per heavy atom. The maximum absolute atomic E-state index is 12.9. The van der Waals surface area contributed by atoms with Crippen LogP contribution in [-0.4, -0.2) is 17.4 Å². The van der Waals surface area contributed by atoms with E-state index in [2.05, 4.69) is 4.74 Å². The molecule has 0 atom stereocenters. The van der Waals surface area contributed by atoms with E-state index in [0.29, 0.717) is 12.1 Å². The van der Waals surface area contributed by atoms with Crippen molar-refractivity contribution in [1.82, 2.24) is 0 Å². The van der Waals surface area contributed by atoms with E-state index in [9.17, 15) is 22.4 Å². The number of alkyl halides is 3. The summed E-state index contributed by atoms with van der Waals surface area (Å²) >= 11 is 0. The van der Waals surface area contributed by atoms with Gasteiger partial charge in [-0.2, -0.15) is 0 Å². The van der Waals surface area contributed by atoms with Gasteiger partial charge in [-0.05, 0) is 6.07 Å². The fourth-order valence-corrected chi connectivity index (χ4v) is 0.962.